The fourth-order valence-electron chi connectivity index (χ4n) is 2.41. The first-order valence-electron chi connectivity index (χ1n) is 6.11. The van der Waals surface area contributed by atoms with Gasteiger partial charge in [0.05, 0.1) is 5.69 Å². The second kappa shape index (κ2) is 4.92. The van der Waals surface area contributed by atoms with Crippen LogP contribution >= 0.6 is 11.3 Å². The predicted molar refractivity (Wildman–Crippen MR) is 73.6 cm³/mol. The van der Waals surface area contributed by atoms with Crippen molar-refractivity contribution in [2.75, 3.05) is 32.1 Å². The lowest BCUT2D eigenvalue weighted by molar-refractivity contribution is 0.266. The topological polar surface area (TPSA) is 45.4 Å². The van der Waals surface area contributed by atoms with Crippen molar-refractivity contribution in [1.82, 2.24) is 9.88 Å². The molecular formula is C12H22N4S. The Morgan fingerprint density at radius 1 is 1.53 bits per heavy atom. The average Bonchev–Trinajstić information content (AvgIpc) is 2.82. The van der Waals surface area contributed by atoms with Crippen molar-refractivity contribution in [1.29, 1.82) is 0 Å². The molecule has 1 aromatic rings. The molecule has 1 aliphatic heterocycles. The normalized spacial score (nSPS) is 26.8. The molecule has 1 aliphatic rings. The minimum absolute atomic E-state index is 0.0321. The number of hydrogen-bond donors (Lipinski definition) is 1. The van der Waals surface area contributed by atoms with E-state index < -0.39 is 0 Å². The van der Waals surface area contributed by atoms with Gasteiger partial charge in [-0.2, -0.15) is 0 Å². The molecule has 17 heavy (non-hydrogen) atoms. The summed E-state index contributed by atoms with van der Waals surface area (Å²) in [6.45, 7) is 6.45. The molecule has 0 bridgehead atoms. The van der Waals surface area contributed by atoms with Gasteiger partial charge in [-0.1, -0.05) is 6.92 Å². The number of nitrogens with two attached hydrogens (primary N) is 1. The molecule has 0 aliphatic carbocycles. The summed E-state index contributed by atoms with van der Waals surface area (Å²) in [4.78, 5) is 9.31. The van der Waals surface area contributed by atoms with E-state index in [4.69, 9.17) is 5.73 Å². The molecule has 1 saturated heterocycles. The van der Waals surface area contributed by atoms with Crippen molar-refractivity contribution in [2.45, 2.75) is 25.9 Å². The minimum atomic E-state index is 0.0321. The molecule has 3 atom stereocenters. The summed E-state index contributed by atoms with van der Waals surface area (Å²) in [5.41, 5.74) is 6.85. The number of thiazole rings is 1. The van der Waals surface area contributed by atoms with Crippen molar-refractivity contribution in [3.8, 4) is 0 Å². The fourth-order valence-corrected chi connectivity index (χ4v) is 3.36. The number of aromatic nitrogens is 1. The highest BCUT2D eigenvalue weighted by Crippen LogP contribution is 2.29. The standard InChI is InChI=1S/C12H22N4S/c1-8-5-16(6-11(8)15(3)4)12-14-10(7-17-12)9(2)13/h7-9,11H,5-6,13H2,1-4H3. The summed E-state index contributed by atoms with van der Waals surface area (Å²) >= 11 is 1.71. The summed E-state index contributed by atoms with van der Waals surface area (Å²) < 4.78 is 0. The Morgan fingerprint density at radius 3 is 2.71 bits per heavy atom. The summed E-state index contributed by atoms with van der Waals surface area (Å²) in [6, 6.07) is 0.655. The third-order valence-corrected chi connectivity index (χ3v) is 4.40. The van der Waals surface area contributed by atoms with E-state index in [0.29, 0.717) is 12.0 Å². The summed E-state index contributed by atoms with van der Waals surface area (Å²) in [6.07, 6.45) is 0. The van der Waals surface area contributed by atoms with E-state index in [1.807, 2.05) is 6.92 Å². The molecule has 0 amide bonds. The van der Waals surface area contributed by atoms with Crippen LogP contribution in [-0.2, 0) is 0 Å². The molecule has 2 rings (SSSR count). The lowest BCUT2D eigenvalue weighted by atomic mass is 10.1. The molecule has 0 radical (unpaired) electrons. The lowest BCUT2D eigenvalue weighted by Crippen LogP contribution is -2.34. The maximum Gasteiger partial charge on any atom is 0.185 e. The predicted octanol–water partition coefficient (Wildman–Crippen LogP) is 1.55. The molecule has 96 valence electrons. The van der Waals surface area contributed by atoms with Gasteiger partial charge in [0, 0.05) is 30.6 Å². The molecule has 4 nitrogen and oxygen atoms in total. The molecule has 5 heteroatoms. The van der Waals surface area contributed by atoms with Crippen molar-refractivity contribution in [2.24, 2.45) is 11.7 Å². The molecule has 0 saturated carbocycles. The number of likely N-dealkylation sites (N-methyl/N-ethyl adjacent to an activating group) is 1. The van der Waals surface area contributed by atoms with E-state index in [1.54, 1.807) is 11.3 Å². The van der Waals surface area contributed by atoms with Crippen molar-refractivity contribution >= 4 is 16.5 Å². The van der Waals surface area contributed by atoms with Crippen LogP contribution in [0.1, 0.15) is 25.6 Å². The summed E-state index contributed by atoms with van der Waals surface area (Å²) in [5.74, 6) is 0.688. The van der Waals surface area contributed by atoms with Gasteiger partial charge in [0.25, 0.3) is 0 Å². The van der Waals surface area contributed by atoms with Gasteiger partial charge in [-0.05, 0) is 26.9 Å². The Hall–Kier alpha value is -0.650. The second-order valence-electron chi connectivity index (χ2n) is 5.26. The summed E-state index contributed by atoms with van der Waals surface area (Å²) in [7, 11) is 4.31. The van der Waals surface area contributed by atoms with Gasteiger partial charge in [0.1, 0.15) is 0 Å². The monoisotopic (exact) mass is 254 g/mol. The van der Waals surface area contributed by atoms with E-state index in [2.05, 4.69) is 41.2 Å². The highest BCUT2D eigenvalue weighted by Gasteiger charge is 2.32. The smallest absolute Gasteiger partial charge is 0.185 e. The van der Waals surface area contributed by atoms with Crippen LogP contribution in [0.4, 0.5) is 5.13 Å². The molecule has 1 aromatic heterocycles. The SMILES string of the molecule is CC(N)c1csc(N2CC(C)C(N(C)C)C2)n1. The van der Waals surface area contributed by atoms with Crippen LogP contribution in [0.15, 0.2) is 5.38 Å². The van der Waals surface area contributed by atoms with Crippen LogP contribution in [0.25, 0.3) is 0 Å². The first-order valence-corrected chi connectivity index (χ1v) is 6.99. The van der Waals surface area contributed by atoms with Crippen molar-refractivity contribution in [3.05, 3.63) is 11.1 Å². The highest BCUT2D eigenvalue weighted by molar-refractivity contribution is 7.13. The largest absolute Gasteiger partial charge is 0.346 e. The summed E-state index contributed by atoms with van der Waals surface area (Å²) in [5, 5.41) is 3.20. The van der Waals surface area contributed by atoms with Crippen LogP contribution in [0.5, 0.6) is 0 Å². The third kappa shape index (κ3) is 2.61. The zero-order chi connectivity index (χ0) is 12.6. The zero-order valence-corrected chi connectivity index (χ0v) is 11.9. The van der Waals surface area contributed by atoms with Crippen LogP contribution in [-0.4, -0.2) is 43.1 Å². The molecule has 2 heterocycles. The van der Waals surface area contributed by atoms with Gasteiger partial charge in [-0.25, -0.2) is 4.98 Å². The number of hydrogen-bond acceptors (Lipinski definition) is 5. The van der Waals surface area contributed by atoms with Crippen LogP contribution in [0, 0.1) is 5.92 Å². The average molecular weight is 254 g/mol. The molecule has 3 unspecified atom stereocenters. The van der Waals surface area contributed by atoms with Gasteiger partial charge >= 0.3 is 0 Å². The Bertz CT molecular complexity index is 374. The van der Waals surface area contributed by atoms with E-state index in [0.717, 1.165) is 23.9 Å². The Balaban J connectivity index is 2.09. The number of rotatable bonds is 3. The fraction of sp³-hybridized carbons (Fsp3) is 0.750. The Morgan fingerprint density at radius 2 is 2.24 bits per heavy atom. The van der Waals surface area contributed by atoms with Crippen molar-refractivity contribution < 1.29 is 0 Å². The molecular weight excluding hydrogens is 232 g/mol. The van der Waals surface area contributed by atoms with Gasteiger partial charge in [-0.3, -0.25) is 0 Å². The number of anilines is 1. The first kappa shape index (κ1) is 12.8. The molecule has 0 spiro atoms. The molecule has 1 fully saturated rings. The molecule has 0 aromatic carbocycles. The van der Waals surface area contributed by atoms with E-state index in [9.17, 15) is 0 Å². The van der Waals surface area contributed by atoms with Gasteiger partial charge in [0.15, 0.2) is 5.13 Å². The van der Waals surface area contributed by atoms with E-state index in [-0.39, 0.29) is 6.04 Å². The van der Waals surface area contributed by atoms with E-state index >= 15 is 0 Å². The van der Waals surface area contributed by atoms with Gasteiger partial charge in [-0.15, -0.1) is 11.3 Å². The molecule has 2 N–H and O–H groups in total. The second-order valence-corrected chi connectivity index (χ2v) is 6.09. The van der Waals surface area contributed by atoms with Crippen LogP contribution < -0.4 is 10.6 Å². The quantitative estimate of drug-likeness (QED) is 0.889. The highest BCUT2D eigenvalue weighted by atomic mass is 32.1. The van der Waals surface area contributed by atoms with Gasteiger partial charge in [0.2, 0.25) is 0 Å². The number of nitrogens with zero attached hydrogens (tertiary/aromatic N) is 3. The third-order valence-electron chi connectivity index (χ3n) is 3.48. The first-order chi connectivity index (χ1) is 7.99. The zero-order valence-electron chi connectivity index (χ0n) is 11.1. The minimum Gasteiger partial charge on any atom is -0.346 e. The van der Waals surface area contributed by atoms with Crippen LogP contribution in [0.3, 0.4) is 0 Å². The van der Waals surface area contributed by atoms with Crippen molar-refractivity contribution in [3.63, 3.8) is 0 Å². The van der Waals surface area contributed by atoms with Crippen LogP contribution in [0.2, 0.25) is 0 Å². The van der Waals surface area contributed by atoms with Gasteiger partial charge < -0.3 is 15.5 Å². The maximum atomic E-state index is 5.85. The van der Waals surface area contributed by atoms with E-state index in [1.165, 1.54) is 0 Å². The Labute approximate surface area is 107 Å². The Kier molecular flexibility index (Phi) is 3.70. The lowest BCUT2D eigenvalue weighted by Gasteiger charge is -2.22. The maximum absolute atomic E-state index is 5.85.